The van der Waals surface area contributed by atoms with Gasteiger partial charge in [0.05, 0.1) is 36.7 Å². The highest BCUT2D eigenvalue weighted by molar-refractivity contribution is 6.56. The molecule has 0 bridgehead atoms. The number of hydrogen-bond acceptors (Lipinski definition) is 2. The van der Waals surface area contributed by atoms with E-state index in [1.807, 2.05) is 55.5 Å². The van der Waals surface area contributed by atoms with Crippen LogP contribution in [0.2, 0.25) is 25.1 Å². The average molecular weight is 529 g/mol. The molecule has 0 radical (unpaired) electrons. The molecule has 1 atom stereocenters. The number of aryl methyl sites for hydroxylation is 1. The third-order valence-electron chi connectivity index (χ3n) is 5.20. The van der Waals surface area contributed by atoms with Crippen molar-refractivity contribution in [2.45, 2.75) is 13.0 Å². The van der Waals surface area contributed by atoms with Crippen LogP contribution in [0.3, 0.4) is 0 Å². The minimum Gasteiger partial charge on any atom is -0.324 e. The molecule has 9 heteroatoms. The molecule has 0 spiro atoms. The monoisotopic (exact) mass is 526 g/mol. The molecular weight excluding hydrogens is 514 g/mol. The highest BCUT2D eigenvalue weighted by Gasteiger charge is 2.36. The van der Waals surface area contributed by atoms with Crippen LogP contribution in [0.4, 0.5) is 5.69 Å². The van der Waals surface area contributed by atoms with Crippen LogP contribution in [0.15, 0.2) is 48.5 Å². The van der Waals surface area contributed by atoms with Gasteiger partial charge >= 0.3 is 0 Å². The highest BCUT2D eigenvalue weighted by atomic mass is 35.5. The maximum absolute atomic E-state index is 13.9. The van der Waals surface area contributed by atoms with Gasteiger partial charge < -0.3 is 10.2 Å². The summed E-state index contributed by atoms with van der Waals surface area (Å²) in [4.78, 5) is 28.0. The number of fused-ring (bicyclic) bond motifs is 1. The molecule has 1 N–H and O–H groups in total. The standard InChI is InChI=1S/C23H15Cl5N2O2/c1-11-7-8-14-13(9-11)22(12-5-3-2-4-6-12)30(10-15(31)29-14)23(32)16-17(24)19(26)21(28)20(27)18(16)25/h2-9,22H,10H2,1H3,(H,29,31)/t22-/m1/s1. The molecular formula is C23H15Cl5N2O2. The van der Waals surface area contributed by atoms with Crippen molar-refractivity contribution in [2.24, 2.45) is 0 Å². The SMILES string of the molecule is Cc1ccc2c(c1)[C@@H](c1ccccc1)N(C(=O)c1c(Cl)c(Cl)c(Cl)c(Cl)c1Cl)CC(=O)N2. The van der Waals surface area contributed by atoms with E-state index in [9.17, 15) is 9.59 Å². The Kier molecular flexibility index (Phi) is 6.62. The zero-order valence-corrected chi connectivity index (χ0v) is 20.3. The lowest BCUT2D eigenvalue weighted by Gasteiger charge is -2.31. The van der Waals surface area contributed by atoms with Crippen LogP contribution in [-0.4, -0.2) is 23.3 Å². The second-order valence-electron chi connectivity index (χ2n) is 7.33. The summed E-state index contributed by atoms with van der Waals surface area (Å²) in [7, 11) is 0. The lowest BCUT2D eigenvalue weighted by Crippen LogP contribution is -2.39. The molecule has 4 rings (SSSR count). The minimum absolute atomic E-state index is 0.0472. The van der Waals surface area contributed by atoms with Crippen molar-refractivity contribution in [3.63, 3.8) is 0 Å². The lowest BCUT2D eigenvalue weighted by molar-refractivity contribution is -0.117. The Morgan fingerprint density at radius 3 is 2.12 bits per heavy atom. The van der Waals surface area contributed by atoms with E-state index in [1.165, 1.54) is 4.90 Å². The van der Waals surface area contributed by atoms with E-state index >= 15 is 0 Å². The Morgan fingerprint density at radius 1 is 0.906 bits per heavy atom. The summed E-state index contributed by atoms with van der Waals surface area (Å²) in [5.41, 5.74) is 3.05. The van der Waals surface area contributed by atoms with Gasteiger partial charge in [0.25, 0.3) is 5.91 Å². The van der Waals surface area contributed by atoms with Gasteiger partial charge in [-0.3, -0.25) is 9.59 Å². The van der Waals surface area contributed by atoms with E-state index in [2.05, 4.69) is 5.32 Å². The Hall–Kier alpha value is -1.95. The van der Waals surface area contributed by atoms with Gasteiger partial charge in [0.1, 0.15) is 6.54 Å². The van der Waals surface area contributed by atoms with Gasteiger partial charge in [0.15, 0.2) is 0 Å². The van der Waals surface area contributed by atoms with Crippen molar-refractivity contribution in [3.8, 4) is 0 Å². The fraction of sp³-hybridized carbons (Fsp3) is 0.130. The number of amides is 2. The van der Waals surface area contributed by atoms with Crippen molar-refractivity contribution in [2.75, 3.05) is 11.9 Å². The number of nitrogens with one attached hydrogen (secondary N) is 1. The van der Waals surface area contributed by atoms with Crippen LogP contribution in [0.1, 0.15) is 33.1 Å². The Bertz CT molecular complexity index is 1220. The molecule has 0 aromatic heterocycles. The van der Waals surface area contributed by atoms with Crippen LogP contribution >= 0.6 is 58.0 Å². The molecule has 1 aliphatic heterocycles. The summed E-state index contributed by atoms with van der Waals surface area (Å²) >= 11 is 31.2. The number of hydrogen-bond donors (Lipinski definition) is 1. The molecule has 0 saturated carbocycles. The summed E-state index contributed by atoms with van der Waals surface area (Å²) in [5.74, 6) is -0.959. The average Bonchev–Trinajstić information content (AvgIpc) is 2.92. The van der Waals surface area contributed by atoms with E-state index < -0.39 is 11.9 Å². The van der Waals surface area contributed by atoms with Gasteiger partial charge in [-0.2, -0.15) is 0 Å². The molecule has 4 nitrogen and oxygen atoms in total. The van der Waals surface area contributed by atoms with Gasteiger partial charge in [-0.25, -0.2) is 0 Å². The van der Waals surface area contributed by atoms with Crippen molar-refractivity contribution in [1.82, 2.24) is 4.90 Å². The van der Waals surface area contributed by atoms with Crippen molar-refractivity contribution in [3.05, 3.63) is 95.9 Å². The van der Waals surface area contributed by atoms with Crippen LogP contribution in [0.25, 0.3) is 0 Å². The number of halogens is 5. The smallest absolute Gasteiger partial charge is 0.258 e. The second kappa shape index (κ2) is 9.12. The number of rotatable bonds is 2. The predicted octanol–water partition coefficient (Wildman–Crippen LogP) is 7.45. The molecule has 164 valence electrons. The van der Waals surface area contributed by atoms with Crippen LogP contribution < -0.4 is 5.32 Å². The lowest BCUT2D eigenvalue weighted by atomic mass is 9.94. The highest BCUT2D eigenvalue weighted by Crippen LogP contribution is 2.46. The number of benzene rings is 3. The molecule has 0 fully saturated rings. The number of nitrogens with zero attached hydrogens (tertiary/aromatic N) is 1. The summed E-state index contributed by atoms with van der Waals surface area (Å²) in [5, 5.41) is 2.40. The number of carbonyl (C=O) groups is 2. The van der Waals surface area contributed by atoms with Gasteiger partial charge in [0, 0.05) is 11.3 Å². The van der Waals surface area contributed by atoms with Gasteiger partial charge in [-0.15, -0.1) is 0 Å². The molecule has 3 aromatic rings. The Labute approximate surface area is 210 Å². The molecule has 0 saturated heterocycles. The topological polar surface area (TPSA) is 49.4 Å². The first-order valence-corrected chi connectivity index (χ1v) is 11.4. The van der Waals surface area contributed by atoms with Gasteiger partial charge in [-0.05, 0) is 18.6 Å². The fourth-order valence-corrected chi connectivity index (χ4v) is 5.05. The summed E-state index contributed by atoms with van der Waals surface area (Å²) in [6.07, 6.45) is 0. The summed E-state index contributed by atoms with van der Waals surface area (Å²) in [6.45, 7) is 1.70. The second-order valence-corrected chi connectivity index (χ2v) is 9.22. The maximum atomic E-state index is 13.9. The first kappa shape index (κ1) is 23.2. The first-order valence-electron chi connectivity index (χ1n) is 9.48. The zero-order valence-electron chi connectivity index (χ0n) is 16.6. The van der Waals surface area contributed by atoms with E-state index in [0.29, 0.717) is 5.69 Å². The van der Waals surface area contributed by atoms with Crippen LogP contribution in [-0.2, 0) is 4.79 Å². The molecule has 0 unspecified atom stereocenters. The number of carbonyl (C=O) groups excluding carboxylic acids is 2. The largest absolute Gasteiger partial charge is 0.324 e. The third-order valence-corrected chi connectivity index (χ3v) is 7.48. The number of anilines is 1. The molecule has 0 aliphatic carbocycles. The predicted molar refractivity (Wildman–Crippen MR) is 131 cm³/mol. The van der Waals surface area contributed by atoms with Crippen molar-refractivity contribution >= 4 is 75.5 Å². The van der Waals surface area contributed by atoms with E-state index in [0.717, 1.165) is 16.7 Å². The maximum Gasteiger partial charge on any atom is 0.258 e. The molecule has 32 heavy (non-hydrogen) atoms. The molecule has 2 amide bonds. The first-order chi connectivity index (χ1) is 15.2. The van der Waals surface area contributed by atoms with Gasteiger partial charge in [0.2, 0.25) is 5.91 Å². The third kappa shape index (κ3) is 4.07. The summed E-state index contributed by atoms with van der Waals surface area (Å²) in [6, 6.07) is 14.4. The van der Waals surface area contributed by atoms with E-state index in [4.69, 9.17) is 58.0 Å². The van der Waals surface area contributed by atoms with E-state index in [1.54, 1.807) is 0 Å². The molecule has 3 aromatic carbocycles. The Morgan fingerprint density at radius 2 is 1.50 bits per heavy atom. The van der Waals surface area contributed by atoms with E-state index in [-0.39, 0.29) is 43.1 Å². The summed E-state index contributed by atoms with van der Waals surface area (Å²) < 4.78 is 0. The normalized spacial score (nSPS) is 15.8. The quantitative estimate of drug-likeness (QED) is 0.277. The fourth-order valence-electron chi connectivity index (χ4n) is 3.75. The zero-order chi connectivity index (χ0) is 23.2. The van der Waals surface area contributed by atoms with Gasteiger partial charge in [-0.1, -0.05) is 106 Å². The van der Waals surface area contributed by atoms with Crippen LogP contribution in [0.5, 0.6) is 0 Å². The minimum atomic E-state index is -0.599. The molecule has 1 heterocycles. The van der Waals surface area contributed by atoms with Crippen molar-refractivity contribution < 1.29 is 9.59 Å². The Balaban J connectivity index is 1.96. The molecule has 1 aliphatic rings. The van der Waals surface area contributed by atoms with Crippen LogP contribution in [0, 0.1) is 6.92 Å². The van der Waals surface area contributed by atoms with Crippen molar-refractivity contribution in [1.29, 1.82) is 0 Å².